The first-order valence-corrected chi connectivity index (χ1v) is 6.37. The molecule has 0 aliphatic carbocycles. The lowest BCUT2D eigenvalue weighted by Gasteiger charge is -2.17. The topological polar surface area (TPSA) is 0 Å². The molecule has 2 heterocycles. The van der Waals surface area contributed by atoms with Crippen LogP contribution in [0.4, 0.5) is 0 Å². The smallest absolute Gasteiger partial charge is 0.0397 e. The Labute approximate surface area is 81.1 Å². The summed E-state index contributed by atoms with van der Waals surface area (Å²) in [6.45, 7) is 0. The third kappa shape index (κ3) is 0.944. The summed E-state index contributed by atoms with van der Waals surface area (Å²) in [7, 11) is 0. The lowest BCUT2D eigenvalue weighted by Crippen LogP contribution is -1.99. The molecule has 62 valence electrons. The van der Waals surface area contributed by atoms with Crippen LogP contribution in [0.2, 0.25) is 0 Å². The lowest BCUT2D eigenvalue weighted by molar-refractivity contribution is 1.13. The van der Waals surface area contributed by atoms with Gasteiger partial charge in [-0.15, -0.1) is 11.8 Å². The van der Waals surface area contributed by atoms with E-state index >= 15 is 0 Å². The zero-order valence-electron chi connectivity index (χ0n) is 6.69. The summed E-state index contributed by atoms with van der Waals surface area (Å²) < 4.78 is 0. The molecule has 0 nitrogen and oxygen atoms in total. The molecule has 1 aromatic carbocycles. The molecule has 0 N–H and O–H groups in total. The molecule has 0 amide bonds. The van der Waals surface area contributed by atoms with Crippen molar-refractivity contribution in [3.63, 3.8) is 0 Å². The van der Waals surface area contributed by atoms with E-state index in [2.05, 4.69) is 47.8 Å². The summed E-state index contributed by atoms with van der Waals surface area (Å²) in [6, 6.07) is 8.95. The van der Waals surface area contributed by atoms with Gasteiger partial charge in [0, 0.05) is 22.0 Å². The van der Waals surface area contributed by atoms with Gasteiger partial charge in [-0.2, -0.15) is 11.8 Å². The highest BCUT2D eigenvalue weighted by molar-refractivity contribution is 8.06. The highest BCUT2D eigenvalue weighted by atomic mass is 32.2. The Balaban J connectivity index is 2.16. The van der Waals surface area contributed by atoms with E-state index in [-0.39, 0.29) is 0 Å². The van der Waals surface area contributed by atoms with Crippen molar-refractivity contribution in [2.45, 2.75) is 10.5 Å². The molecule has 1 fully saturated rings. The third-order valence-electron chi connectivity index (χ3n) is 2.56. The highest BCUT2D eigenvalue weighted by Crippen LogP contribution is 2.56. The standard InChI is InChI=1S/C10H10S2/c1-2-4-8-7(3-1)9-5-11-6-10(8)12-9/h1-4,9-10H,5-6H2. The van der Waals surface area contributed by atoms with Crippen molar-refractivity contribution in [2.75, 3.05) is 11.5 Å². The van der Waals surface area contributed by atoms with E-state index in [1.165, 1.54) is 11.5 Å². The van der Waals surface area contributed by atoms with Crippen molar-refractivity contribution in [3.05, 3.63) is 35.4 Å². The predicted molar refractivity (Wildman–Crippen MR) is 56.8 cm³/mol. The molecule has 12 heavy (non-hydrogen) atoms. The van der Waals surface area contributed by atoms with Gasteiger partial charge in [-0.1, -0.05) is 24.3 Å². The largest absolute Gasteiger partial charge is 0.159 e. The molecule has 2 unspecified atom stereocenters. The van der Waals surface area contributed by atoms with Gasteiger partial charge in [0.05, 0.1) is 0 Å². The molecule has 2 aliphatic rings. The van der Waals surface area contributed by atoms with E-state index in [1.54, 1.807) is 11.1 Å². The fraction of sp³-hybridized carbons (Fsp3) is 0.400. The summed E-state index contributed by atoms with van der Waals surface area (Å²) in [5, 5.41) is 1.59. The van der Waals surface area contributed by atoms with Crippen LogP contribution in [-0.4, -0.2) is 11.5 Å². The van der Waals surface area contributed by atoms with E-state index in [4.69, 9.17) is 0 Å². The third-order valence-corrected chi connectivity index (χ3v) is 5.62. The Kier molecular flexibility index (Phi) is 1.66. The van der Waals surface area contributed by atoms with Crippen molar-refractivity contribution >= 4 is 23.5 Å². The zero-order valence-corrected chi connectivity index (χ0v) is 8.33. The van der Waals surface area contributed by atoms with E-state index in [0.29, 0.717) is 0 Å². The van der Waals surface area contributed by atoms with Crippen LogP contribution in [-0.2, 0) is 0 Å². The first-order valence-electron chi connectivity index (χ1n) is 4.27. The molecule has 0 aromatic heterocycles. The van der Waals surface area contributed by atoms with E-state index < -0.39 is 0 Å². The molecule has 1 saturated heterocycles. The Morgan fingerprint density at radius 3 is 2.17 bits per heavy atom. The van der Waals surface area contributed by atoms with Crippen molar-refractivity contribution in [1.29, 1.82) is 0 Å². The molecule has 2 bridgehead atoms. The van der Waals surface area contributed by atoms with Crippen LogP contribution in [0, 0.1) is 0 Å². The SMILES string of the molecule is c1ccc2c(c1)C1CSCC2S1. The molecule has 2 aliphatic heterocycles. The summed E-state index contributed by atoms with van der Waals surface area (Å²) in [5.41, 5.74) is 3.22. The molecule has 2 atom stereocenters. The van der Waals surface area contributed by atoms with Crippen molar-refractivity contribution in [3.8, 4) is 0 Å². The van der Waals surface area contributed by atoms with Crippen LogP contribution in [0.15, 0.2) is 24.3 Å². The Bertz CT molecular complexity index is 279. The highest BCUT2D eigenvalue weighted by Gasteiger charge is 2.34. The number of hydrogen-bond donors (Lipinski definition) is 0. The predicted octanol–water partition coefficient (Wildman–Crippen LogP) is 3.26. The second kappa shape index (κ2) is 2.71. The zero-order chi connectivity index (χ0) is 7.97. The lowest BCUT2D eigenvalue weighted by atomic mass is 10.0. The maximum atomic E-state index is 2.30. The van der Waals surface area contributed by atoms with Crippen molar-refractivity contribution in [2.24, 2.45) is 0 Å². The Morgan fingerprint density at radius 1 is 1.00 bits per heavy atom. The van der Waals surface area contributed by atoms with Crippen LogP contribution in [0.25, 0.3) is 0 Å². The molecule has 0 saturated carbocycles. The second-order valence-electron chi connectivity index (χ2n) is 3.28. The van der Waals surface area contributed by atoms with Gasteiger partial charge in [0.1, 0.15) is 0 Å². The number of hydrogen-bond acceptors (Lipinski definition) is 2. The molecule has 1 aromatic rings. The number of thioether (sulfide) groups is 2. The number of fused-ring (bicyclic) bond motifs is 5. The Morgan fingerprint density at radius 2 is 1.58 bits per heavy atom. The molecule has 2 heteroatoms. The average Bonchev–Trinajstić information content (AvgIpc) is 2.41. The van der Waals surface area contributed by atoms with Crippen LogP contribution < -0.4 is 0 Å². The second-order valence-corrected chi connectivity index (χ2v) is 5.76. The van der Waals surface area contributed by atoms with Gasteiger partial charge in [0.15, 0.2) is 0 Å². The number of rotatable bonds is 0. The summed E-state index contributed by atoms with van der Waals surface area (Å²) in [4.78, 5) is 0. The van der Waals surface area contributed by atoms with Gasteiger partial charge in [0.25, 0.3) is 0 Å². The van der Waals surface area contributed by atoms with Crippen molar-refractivity contribution < 1.29 is 0 Å². The quantitative estimate of drug-likeness (QED) is 0.621. The summed E-state index contributed by atoms with van der Waals surface area (Å²) in [5.74, 6) is 2.64. The molecule has 0 radical (unpaired) electrons. The van der Waals surface area contributed by atoms with Crippen molar-refractivity contribution in [1.82, 2.24) is 0 Å². The summed E-state index contributed by atoms with van der Waals surface area (Å²) >= 11 is 4.27. The van der Waals surface area contributed by atoms with Crippen LogP contribution in [0.5, 0.6) is 0 Å². The first kappa shape index (κ1) is 7.34. The molecular formula is C10H10S2. The van der Waals surface area contributed by atoms with E-state index in [0.717, 1.165) is 10.5 Å². The normalized spacial score (nSPS) is 31.7. The fourth-order valence-electron chi connectivity index (χ4n) is 1.98. The Hall–Kier alpha value is -0.0800. The van der Waals surface area contributed by atoms with Gasteiger partial charge in [0.2, 0.25) is 0 Å². The van der Waals surface area contributed by atoms with Gasteiger partial charge in [-0.3, -0.25) is 0 Å². The van der Waals surface area contributed by atoms with E-state index in [1.807, 2.05) is 0 Å². The minimum Gasteiger partial charge on any atom is -0.159 e. The minimum atomic E-state index is 0.796. The van der Waals surface area contributed by atoms with Gasteiger partial charge >= 0.3 is 0 Å². The fourth-order valence-corrected chi connectivity index (χ4v) is 5.23. The van der Waals surface area contributed by atoms with Gasteiger partial charge < -0.3 is 0 Å². The van der Waals surface area contributed by atoms with Gasteiger partial charge in [-0.05, 0) is 11.1 Å². The summed E-state index contributed by atoms with van der Waals surface area (Å²) in [6.07, 6.45) is 0. The monoisotopic (exact) mass is 194 g/mol. The van der Waals surface area contributed by atoms with Crippen LogP contribution in [0.3, 0.4) is 0 Å². The molecule has 0 spiro atoms. The first-order chi connectivity index (χ1) is 5.95. The maximum absolute atomic E-state index is 2.30. The molecule has 3 rings (SSSR count). The molecular weight excluding hydrogens is 184 g/mol. The van der Waals surface area contributed by atoms with E-state index in [9.17, 15) is 0 Å². The maximum Gasteiger partial charge on any atom is 0.0397 e. The van der Waals surface area contributed by atoms with Crippen LogP contribution >= 0.6 is 23.5 Å². The minimum absolute atomic E-state index is 0.796. The van der Waals surface area contributed by atoms with Gasteiger partial charge in [-0.25, -0.2) is 0 Å². The average molecular weight is 194 g/mol. The number of benzene rings is 1. The van der Waals surface area contributed by atoms with Crippen LogP contribution in [0.1, 0.15) is 21.6 Å².